The van der Waals surface area contributed by atoms with Crippen LogP contribution in [-0.2, 0) is 17.1 Å². The van der Waals surface area contributed by atoms with Crippen molar-refractivity contribution in [3.8, 4) is 0 Å². The fraction of sp³-hybridized carbons (Fsp3) is 0.278. The predicted molar refractivity (Wildman–Crippen MR) is 95.1 cm³/mol. The van der Waals surface area contributed by atoms with E-state index in [4.69, 9.17) is 11.6 Å². The Bertz CT molecular complexity index is 586. The van der Waals surface area contributed by atoms with E-state index in [1.165, 1.54) is 11.1 Å². The molecule has 0 spiro atoms. The Labute approximate surface area is 141 Å². The highest BCUT2D eigenvalue weighted by molar-refractivity contribution is 7.99. The first-order chi connectivity index (χ1) is 10.7. The summed E-state index contributed by atoms with van der Waals surface area (Å²) >= 11 is 7.51. The molecule has 0 atom stereocenters. The Morgan fingerprint density at radius 3 is 2.36 bits per heavy atom. The molecule has 0 heterocycles. The molecule has 1 amide bonds. The van der Waals surface area contributed by atoms with Gasteiger partial charge in [-0.15, -0.1) is 11.8 Å². The highest BCUT2D eigenvalue weighted by atomic mass is 35.5. The van der Waals surface area contributed by atoms with Crippen LogP contribution in [0.2, 0.25) is 5.02 Å². The highest BCUT2D eigenvalue weighted by Crippen LogP contribution is 2.16. The van der Waals surface area contributed by atoms with Gasteiger partial charge in [-0.05, 0) is 30.2 Å². The summed E-state index contributed by atoms with van der Waals surface area (Å²) in [5.41, 5.74) is 2.36. The van der Waals surface area contributed by atoms with Gasteiger partial charge in [-0.25, -0.2) is 0 Å². The van der Waals surface area contributed by atoms with Gasteiger partial charge in [0.15, 0.2) is 0 Å². The lowest BCUT2D eigenvalue weighted by Gasteiger charge is -2.21. The van der Waals surface area contributed by atoms with Crippen molar-refractivity contribution in [3.05, 3.63) is 70.7 Å². The van der Waals surface area contributed by atoms with Gasteiger partial charge in [-0.1, -0.05) is 54.1 Å². The number of halogens is 1. The molecule has 0 aromatic heterocycles. The van der Waals surface area contributed by atoms with Crippen LogP contribution in [0, 0.1) is 0 Å². The summed E-state index contributed by atoms with van der Waals surface area (Å²) in [5.74, 6) is 1.51. The molecule has 0 N–H and O–H groups in total. The summed E-state index contributed by atoms with van der Waals surface area (Å²) in [6.07, 6.45) is 0. The van der Waals surface area contributed by atoms with Crippen LogP contribution in [-0.4, -0.2) is 23.1 Å². The zero-order valence-corrected chi connectivity index (χ0v) is 14.2. The third-order valence-electron chi connectivity index (χ3n) is 3.36. The van der Waals surface area contributed by atoms with Gasteiger partial charge < -0.3 is 4.90 Å². The van der Waals surface area contributed by atoms with Gasteiger partial charge in [-0.3, -0.25) is 4.79 Å². The zero-order valence-electron chi connectivity index (χ0n) is 12.7. The number of nitrogens with zero attached hydrogens (tertiary/aromatic N) is 1. The molecule has 2 rings (SSSR count). The van der Waals surface area contributed by atoms with Gasteiger partial charge >= 0.3 is 0 Å². The number of hydrogen-bond acceptors (Lipinski definition) is 2. The van der Waals surface area contributed by atoms with Crippen LogP contribution >= 0.6 is 23.4 Å². The Morgan fingerprint density at radius 2 is 1.73 bits per heavy atom. The SMILES string of the molecule is CCN(Cc1ccccc1)C(=O)CSCc1ccc(Cl)cc1. The second-order valence-corrected chi connectivity index (χ2v) is 6.43. The summed E-state index contributed by atoms with van der Waals surface area (Å²) in [6.45, 7) is 3.43. The minimum atomic E-state index is 0.185. The van der Waals surface area contributed by atoms with E-state index in [9.17, 15) is 4.79 Å². The van der Waals surface area contributed by atoms with Crippen molar-refractivity contribution in [1.29, 1.82) is 0 Å². The molecule has 2 nitrogen and oxygen atoms in total. The second kappa shape index (κ2) is 8.86. The van der Waals surface area contributed by atoms with E-state index in [2.05, 4.69) is 12.1 Å². The van der Waals surface area contributed by atoms with Crippen LogP contribution < -0.4 is 0 Å². The molecule has 2 aromatic rings. The first-order valence-corrected chi connectivity index (χ1v) is 8.86. The van der Waals surface area contributed by atoms with E-state index in [-0.39, 0.29) is 5.91 Å². The van der Waals surface area contributed by atoms with E-state index < -0.39 is 0 Å². The van der Waals surface area contributed by atoms with Crippen molar-refractivity contribution < 1.29 is 4.79 Å². The fourth-order valence-electron chi connectivity index (χ4n) is 2.11. The van der Waals surface area contributed by atoms with E-state index in [0.717, 1.165) is 17.3 Å². The number of carbonyl (C=O) groups is 1. The summed E-state index contributed by atoms with van der Waals surface area (Å²) in [6, 6.07) is 17.9. The molecule has 0 radical (unpaired) electrons. The van der Waals surface area contributed by atoms with Crippen LogP contribution in [0.1, 0.15) is 18.1 Å². The summed E-state index contributed by atoms with van der Waals surface area (Å²) in [4.78, 5) is 14.2. The van der Waals surface area contributed by atoms with Gasteiger partial charge in [0.2, 0.25) is 5.91 Å². The smallest absolute Gasteiger partial charge is 0.232 e. The van der Waals surface area contributed by atoms with Crippen molar-refractivity contribution in [1.82, 2.24) is 4.90 Å². The molecule has 116 valence electrons. The van der Waals surface area contributed by atoms with Gasteiger partial charge in [0.1, 0.15) is 0 Å². The number of amides is 1. The highest BCUT2D eigenvalue weighted by Gasteiger charge is 2.12. The molecule has 2 aromatic carbocycles. The molecule has 0 bridgehead atoms. The van der Waals surface area contributed by atoms with E-state index in [0.29, 0.717) is 12.3 Å². The van der Waals surface area contributed by atoms with Gasteiger partial charge in [0.25, 0.3) is 0 Å². The molecule has 0 saturated carbocycles. The third kappa shape index (κ3) is 5.39. The maximum atomic E-state index is 12.3. The summed E-state index contributed by atoms with van der Waals surface area (Å²) < 4.78 is 0. The van der Waals surface area contributed by atoms with Crippen molar-refractivity contribution in [2.24, 2.45) is 0 Å². The largest absolute Gasteiger partial charge is 0.338 e. The minimum Gasteiger partial charge on any atom is -0.338 e. The van der Waals surface area contributed by atoms with Crippen LogP contribution in [0.4, 0.5) is 0 Å². The number of rotatable bonds is 7. The number of benzene rings is 2. The number of thioether (sulfide) groups is 1. The summed E-state index contributed by atoms with van der Waals surface area (Å²) in [5, 5.41) is 0.741. The lowest BCUT2D eigenvalue weighted by molar-refractivity contribution is -0.128. The normalized spacial score (nSPS) is 10.5. The molecule has 22 heavy (non-hydrogen) atoms. The lowest BCUT2D eigenvalue weighted by Crippen LogP contribution is -2.31. The Hall–Kier alpha value is -1.45. The third-order valence-corrected chi connectivity index (χ3v) is 4.60. The van der Waals surface area contributed by atoms with Crippen LogP contribution in [0.5, 0.6) is 0 Å². The van der Waals surface area contributed by atoms with Crippen LogP contribution in [0.25, 0.3) is 0 Å². The molecule has 0 aliphatic carbocycles. The Kier molecular flexibility index (Phi) is 6.81. The topological polar surface area (TPSA) is 20.3 Å². The zero-order chi connectivity index (χ0) is 15.8. The fourth-order valence-corrected chi connectivity index (χ4v) is 3.12. The first-order valence-electron chi connectivity index (χ1n) is 7.33. The minimum absolute atomic E-state index is 0.185. The molecule has 0 fully saturated rings. The maximum absolute atomic E-state index is 12.3. The molecule has 0 aliphatic heterocycles. The van der Waals surface area contributed by atoms with E-state index >= 15 is 0 Å². The molecular formula is C18H20ClNOS. The number of carbonyl (C=O) groups excluding carboxylic acids is 1. The van der Waals surface area contributed by atoms with E-state index in [1.807, 2.05) is 54.3 Å². The monoisotopic (exact) mass is 333 g/mol. The standard InChI is InChI=1S/C18H20ClNOS/c1-2-20(12-15-6-4-3-5-7-15)18(21)14-22-13-16-8-10-17(19)11-9-16/h3-11H,2,12-14H2,1H3. The molecule has 4 heteroatoms. The van der Waals surface area contributed by atoms with Crippen molar-refractivity contribution in [3.63, 3.8) is 0 Å². The van der Waals surface area contributed by atoms with Crippen LogP contribution in [0.15, 0.2) is 54.6 Å². The van der Waals surface area contributed by atoms with Crippen molar-refractivity contribution in [2.45, 2.75) is 19.2 Å². The molecule has 0 saturated heterocycles. The quantitative estimate of drug-likeness (QED) is 0.736. The predicted octanol–water partition coefficient (Wildman–Crippen LogP) is 4.62. The average Bonchev–Trinajstić information content (AvgIpc) is 2.55. The molecule has 0 unspecified atom stereocenters. The lowest BCUT2D eigenvalue weighted by atomic mass is 10.2. The average molecular weight is 334 g/mol. The molecule has 0 aliphatic rings. The Balaban J connectivity index is 1.80. The van der Waals surface area contributed by atoms with Gasteiger partial charge in [-0.2, -0.15) is 0 Å². The Morgan fingerprint density at radius 1 is 1.05 bits per heavy atom. The first kappa shape index (κ1) is 16.9. The van der Waals surface area contributed by atoms with Crippen molar-refractivity contribution >= 4 is 29.3 Å². The van der Waals surface area contributed by atoms with Crippen molar-refractivity contribution in [2.75, 3.05) is 12.3 Å². The van der Waals surface area contributed by atoms with Gasteiger partial charge in [0.05, 0.1) is 5.75 Å². The second-order valence-electron chi connectivity index (χ2n) is 5.01. The van der Waals surface area contributed by atoms with E-state index in [1.54, 1.807) is 11.8 Å². The summed E-state index contributed by atoms with van der Waals surface area (Å²) in [7, 11) is 0. The van der Waals surface area contributed by atoms with Crippen LogP contribution in [0.3, 0.4) is 0 Å². The van der Waals surface area contributed by atoms with Gasteiger partial charge in [0, 0.05) is 23.9 Å². The molecular weight excluding hydrogens is 314 g/mol. The maximum Gasteiger partial charge on any atom is 0.232 e. The number of hydrogen-bond donors (Lipinski definition) is 0.